The number of carbonyl (C=O) groups is 3. The molecule has 4 N–H and O–H groups in total. The lowest BCUT2D eigenvalue weighted by Gasteiger charge is -2.32. The summed E-state index contributed by atoms with van der Waals surface area (Å²) < 4.78 is 13.1. The van der Waals surface area contributed by atoms with Gasteiger partial charge in [0.2, 0.25) is 5.91 Å². The van der Waals surface area contributed by atoms with E-state index in [0.717, 1.165) is 0 Å². The van der Waals surface area contributed by atoms with Gasteiger partial charge in [-0.2, -0.15) is 0 Å². The number of piperidine rings is 1. The number of benzene rings is 2. The molecule has 8 heteroatoms. The van der Waals surface area contributed by atoms with Gasteiger partial charge in [-0.25, -0.2) is 9.18 Å². The maximum absolute atomic E-state index is 13.1. The summed E-state index contributed by atoms with van der Waals surface area (Å²) in [4.78, 5) is 37.8. The Morgan fingerprint density at radius 3 is 2.39 bits per heavy atom. The van der Waals surface area contributed by atoms with Crippen molar-refractivity contribution in [2.75, 3.05) is 23.7 Å². The molecular formula is C20H21FN4O3. The Morgan fingerprint density at radius 2 is 1.71 bits per heavy atom. The van der Waals surface area contributed by atoms with Gasteiger partial charge in [0.15, 0.2) is 0 Å². The first-order chi connectivity index (χ1) is 13.4. The van der Waals surface area contributed by atoms with E-state index in [-0.39, 0.29) is 17.7 Å². The molecule has 146 valence electrons. The van der Waals surface area contributed by atoms with E-state index in [4.69, 9.17) is 5.73 Å². The highest BCUT2D eigenvalue weighted by Gasteiger charge is 2.29. The molecule has 28 heavy (non-hydrogen) atoms. The van der Waals surface area contributed by atoms with Crippen molar-refractivity contribution in [1.29, 1.82) is 0 Å². The average molecular weight is 384 g/mol. The van der Waals surface area contributed by atoms with Gasteiger partial charge < -0.3 is 21.3 Å². The normalized spacial score (nSPS) is 16.3. The van der Waals surface area contributed by atoms with Gasteiger partial charge in [-0.05, 0) is 55.3 Å². The van der Waals surface area contributed by atoms with E-state index in [0.29, 0.717) is 42.9 Å². The molecule has 4 amide bonds. The topological polar surface area (TPSA) is 105 Å². The third kappa shape index (κ3) is 4.85. The number of nitrogens with two attached hydrogens (primary N) is 1. The van der Waals surface area contributed by atoms with Crippen LogP contribution in [0, 0.1) is 11.7 Å². The highest BCUT2D eigenvalue weighted by atomic mass is 19.1. The molecule has 2 aromatic rings. The van der Waals surface area contributed by atoms with Gasteiger partial charge in [-0.1, -0.05) is 6.07 Å². The van der Waals surface area contributed by atoms with Gasteiger partial charge in [-0.15, -0.1) is 0 Å². The van der Waals surface area contributed by atoms with Gasteiger partial charge in [0, 0.05) is 30.0 Å². The number of carbonyl (C=O) groups excluding carboxylic acids is 3. The van der Waals surface area contributed by atoms with Crippen molar-refractivity contribution in [1.82, 2.24) is 4.90 Å². The SMILES string of the molecule is NC(=O)Nc1cccc(NC(=O)C2CCCN(C(=O)c3ccc(F)cc3)C2)c1. The van der Waals surface area contributed by atoms with Gasteiger partial charge in [0.05, 0.1) is 5.92 Å². The van der Waals surface area contributed by atoms with Gasteiger partial charge >= 0.3 is 6.03 Å². The number of halogens is 1. The molecule has 3 rings (SSSR count). The molecule has 1 saturated heterocycles. The number of anilines is 2. The summed E-state index contributed by atoms with van der Waals surface area (Å²) in [5.74, 6) is -1.18. The van der Waals surface area contributed by atoms with E-state index in [1.54, 1.807) is 29.2 Å². The van der Waals surface area contributed by atoms with Crippen molar-refractivity contribution < 1.29 is 18.8 Å². The fourth-order valence-electron chi connectivity index (χ4n) is 3.21. The van der Waals surface area contributed by atoms with Crippen molar-refractivity contribution in [3.05, 3.63) is 59.9 Å². The molecule has 0 aromatic heterocycles. The standard InChI is InChI=1S/C20H21FN4O3/c21-15-8-6-13(7-9-15)19(27)25-10-2-3-14(12-25)18(26)23-16-4-1-5-17(11-16)24-20(22)28/h1,4-9,11,14H,2-3,10,12H2,(H,23,26)(H3,22,24,28). The zero-order valence-electron chi connectivity index (χ0n) is 15.2. The maximum atomic E-state index is 13.1. The minimum absolute atomic E-state index is 0.201. The summed E-state index contributed by atoms with van der Waals surface area (Å²) in [5, 5.41) is 5.26. The predicted octanol–water partition coefficient (Wildman–Crippen LogP) is 2.81. The first kappa shape index (κ1) is 19.3. The lowest BCUT2D eigenvalue weighted by atomic mass is 9.96. The largest absolute Gasteiger partial charge is 0.351 e. The lowest BCUT2D eigenvalue weighted by Crippen LogP contribution is -2.43. The van der Waals surface area contributed by atoms with Crippen LogP contribution >= 0.6 is 0 Å². The fourth-order valence-corrected chi connectivity index (χ4v) is 3.21. The molecular weight excluding hydrogens is 363 g/mol. The first-order valence-corrected chi connectivity index (χ1v) is 8.94. The molecule has 0 radical (unpaired) electrons. The molecule has 1 heterocycles. The Hall–Kier alpha value is -3.42. The first-order valence-electron chi connectivity index (χ1n) is 8.94. The minimum Gasteiger partial charge on any atom is -0.351 e. The summed E-state index contributed by atoms with van der Waals surface area (Å²) in [6.45, 7) is 0.847. The third-order valence-corrected chi connectivity index (χ3v) is 4.57. The molecule has 1 fully saturated rings. The Morgan fingerprint density at radius 1 is 1.04 bits per heavy atom. The van der Waals surface area contributed by atoms with Crippen molar-refractivity contribution in [3.63, 3.8) is 0 Å². The fraction of sp³-hybridized carbons (Fsp3) is 0.250. The van der Waals surface area contributed by atoms with Crippen molar-refractivity contribution in [2.24, 2.45) is 11.7 Å². The molecule has 1 atom stereocenters. The number of hydrogen-bond acceptors (Lipinski definition) is 3. The maximum Gasteiger partial charge on any atom is 0.316 e. The third-order valence-electron chi connectivity index (χ3n) is 4.57. The summed E-state index contributed by atoms with van der Waals surface area (Å²) in [7, 11) is 0. The van der Waals surface area contributed by atoms with Crippen LogP contribution in [0.25, 0.3) is 0 Å². The van der Waals surface area contributed by atoms with Crippen LogP contribution in [-0.4, -0.2) is 35.8 Å². The molecule has 7 nitrogen and oxygen atoms in total. The zero-order chi connectivity index (χ0) is 20.1. The minimum atomic E-state index is -0.689. The van der Waals surface area contributed by atoms with Crippen LogP contribution < -0.4 is 16.4 Å². The molecule has 0 aliphatic carbocycles. The number of likely N-dealkylation sites (tertiary alicyclic amines) is 1. The number of nitrogens with one attached hydrogen (secondary N) is 2. The Kier molecular flexibility index (Phi) is 5.88. The van der Waals surface area contributed by atoms with Crippen LogP contribution in [0.15, 0.2) is 48.5 Å². The summed E-state index contributed by atoms with van der Waals surface area (Å²) in [6, 6.07) is 11.3. The molecule has 1 aliphatic heterocycles. The van der Waals surface area contributed by atoms with E-state index in [2.05, 4.69) is 10.6 Å². The second-order valence-corrected chi connectivity index (χ2v) is 6.66. The number of nitrogens with zero attached hydrogens (tertiary/aromatic N) is 1. The average Bonchev–Trinajstić information content (AvgIpc) is 2.68. The molecule has 0 bridgehead atoms. The number of amides is 4. The highest BCUT2D eigenvalue weighted by Crippen LogP contribution is 2.22. The van der Waals surface area contributed by atoms with Crippen molar-refractivity contribution in [2.45, 2.75) is 12.8 Å². The van der Waals surface area contributed by atoms with Gasteiger partial charge in [0.1, 0.15) is 5.82 Å². The molecule has 0 spiro atoms. The Balaban J connectivity index is 1.63. The Labute approximate surface area is 161 Å². The van der Waals surface area contributed by atoms with Crippen LogP contribution in [0.3, 0.4) is 0 Å². The van der Waals surface area contributed by atoms with Gasteiger partial charge in [0.25, 0.3) is 5.91 Å². The summed E-state index contributed by atoms with van der Waals surface area (Å²) >= 11 is 0. The Bertz CT molecular complexity index is 885. The zero-order valence-corrected chi connectivity index (χ0v) is 15.2. The van der Waals surface area contributed by atoms with Crippen LogP contribution in [-0.2, 0) is 4.79 Å². The lowest BCUT2D eigenvalue weighted by molar-refractivity contribution is -0.121. The second kappa shape index (κ2) is 8.51. The summed E-state index contributed by atoms with van der Waals surface area (Å²) in [6.07, 6.45) is 1.37. The van der Waals surface area contributed by atoms with Gasteiger partial charge in [-0.3, -0.25) is 9.59 Å². The summed E-state index contributed by atoms with van der Waals surface area (Å²) in [5.41, 5.74) is 6.49. The number of hydrogen-bond donors (Lipinski definition) is 3. The van der Waals surface area contributed by atoms with Crippen LogP contribution in [0.2, 0.25) is 0 Å². The number of primary amides is 1. The van der Waals surface area contributed by atoms with Crippen LogP contribution in [0.5, 0.6) is 0 Å². The van der Waals surface area contributed by atoms with E-state index in [9.17, 15) is 18.8 Å². The molecule has 0 saturated carbocycles. The predicted molar refractivity (Wildman–Crippen MR) is 103 cm³/mol. The molecule has 1 aliphatic rings. The monoisotopic (exact) mass is 384 g/mol. The van der Waals surface area contributed by atoms with Crippen LogP contribution in [0.4, 0.5) is 20.6 Å². The highest BCUT2D eigenvalue weighted by molar-refractivity contribution is 5.97. The number of rotatable bonds is 4. The quantitative estimate of drug-likeness (QED) is 0.755. The van der Waals surface area contributed by atoms with E-state index in [1.807, 2.05) is 0 Å². The van der Waals surface area contributed by atoms with Crippen molar-refractivity contribution in [3.8, 4) is 0 Å². The second-order valence-electron chi connectivity index (χ2n) is 6.66. The molecule has 2 aromatic carbocycles. The smallest absolute Gasteiger partial charge is 0.316 e. The van der Waals surface area contributed by atoms with E-state index < -0.39 is 11.8 Å². The van der Waals surface area contributed by atoms with Crippen LogP contribution in [0.1, 0.15) is 23.2 Å². The number of urea groups is 1. The molecule has 1 unspecified atom stereocenters. The van der Waals surface area contributed by atoms with E-state index in [1.165, 1.54) is 24.3 Å². The van der Waals surface area contributed by atoms with E-state index >= 15 is 0 Å². The van der Waals surface area contributed by atoms with Crippen molar-refractivity contribution >= 4 is 29.2 Å².